The molecule has 2 N–H and O–H groups in total. The van der Waals surface area contributed by atoms with Gasteiger partial charge in [0.1, 0.15) is 6.07 Å². The van der Waals surface area contributed by atoms with Crippen molar-refractivity contribution in [3.05, 3.63) is 65.4 Å². The summed E-state index contributed by atoms with van der Waals surface area (Å²) in [6.45, 7) is 6.20. The van der Waals surface area contributed by atoms with Gasteiger partial charge in [0.15, 0.2) is 5.67 Å². The lowest BCUT2D eigenvalue weighted by Gasteiger charge is -2.43. The number of aromatic nitrogens is 1. The predicted molar refractivity (Wildman–Crippen MR) is 128 cm³/mol. The van der Waals surface area contributed by atoms with Crippen LogP contribution in [0.4, 0.5) is 15.8 Å². The summed E-state index contributed by atoms with van der Waals surface area (Å²) in [7, 11) is 0. The van der Waals surface area contributed by atoms with Crippen molar-refractivity contribution in [2.24, 2.45) is 0 Å². The first kappa shape index (κ1) is 20.4. The molecule has 2 saturated heterocycles. The lowest BCUT2D eigenvalue weighted by molar-refractivity contribution is 0.106. The number of pyridine rings is 1. The third kappa shape index (κ3) is 3.41. The zero-order chi connectivity index (χ0) is 22.6. The Morgan fingerprint density at radius 2 is 2.12 bits per heavy atom. The van der Waals surface area contributed by atoms with E-state index < -0.39 is 5.67 Å². The minimum atomic E-state index is -1.13. The predicted octanol–water partition coefficient (Wildman–Crippen LogP) is 3.60. The van der Waals surface area contributed by atoms with Gasteiger partial charge in [0.05, 0.1) is 23.7 Å². The van der Waals surface area contributed by atoms with Crippen LogP contribution in [0.2, 0.25) is 0 Å². The number of anilines is 2. The summed E-state index contributed by atoms with van der Waals surface area (Å²) < 4.78 is 14.4. The molecule has 0 amide bonds. The fourth-order valence-electron chi connectivity index (χ4n) is 5.54. The summed E-state index contributed by atoms with van der Waals surface area (Å²) >= 11 is 0. The molecule has 3 aliphatic heterocycles. The molecule has 6 rings (SSSR count). The maximum atomic E-state index is 14.4. The van der Waals surface area contributed by atoms with Gasteiger partial charge in [0.2, 0.25) is 0 Å². The van der Waals surface area contributed by atoms with E-state index in [9.17, 15) is 9.65 Å². The van der Waals surface area contributed by atoms with Gasteiger partial charge in [-0.05, 0) is 54.4 Å². The van der Waals surface area contributed by atoms with Crippen molar-refractivity contribution in [3.8, 4) is 6.07 Å². The molecule has 2 atom stereocenters. The van der Waals surface area contributed by atoms with Crippen LogP contribution >= 0.6 is 0 Å². The second kappa shape index (κ2) is 7.68. The maximum absolute atomic E-state index is 14.4. The number of benzene rings is 2. The number of hydrogen-bond acceptors (Lipinski definition) is 6. The first-order valence-corrected chi connectivity index (χ1v) is 11.6. The first-order valence-electron chi connectivity index (χ1n) is 11.6. The third-order valence-electron chi connectivity index (χ3n) is 7.40. The van der Waals surface area contributed by atoms with Gasteiger partial charge in [0, 0.05) is 61.7 Å². The summed E-state index contributed by atoms with van der Waals surface area (Å²) in [4.78, 5) is 9.50. The van der Waals surface area contributed by atoms with Crippen LogP contribution < -0.4 is 15.5 Å². The molecule has 2 aromatic carbocycles. The lowest BCUT2D eigenvalue weighted by Crippen LogP contribution is -2.59. The largest absolute Gasteiger partial charge is 0.382 e. The maximum Gasteiger partial charge on any atom is 0.152 e. The second-order valence-electron chi connectivity index (χ2n) is 9.61. The summed E-state index contributed by atoms with van der Waals surface area (Å²) in [6, 6.07) is 17.4. The highest BCUT2D eigenvalue weighted by molar-refractivity contribution is 5.95. The van der Waals surface area contributed by atoms with Gasteiger partial charge in [-0.25, -0.2) is 4.39 Å². The van der Waals surface area contributed by atoms with Gasteiger partial charge in [-0.3, -0.25) is 9.88 Å². The van der Waals surface area contributed by atoms with Crippen molar-refractivity contribution < 1.29 is 4.39 Å². The minimum absolute atomic E-state index is 0.309. The summed E-state index contributed by atoms with van der Waals surface area (Å²) in [6.07, 6.45) is 1.75. The third-order valence-corrected chi connectivity index (χ3v) is 7.40. The fourth-order valence-corrected chi connectivity index (χ4v) is 5.54. The number of nitrogens with one attached hydrogen (secondary N) is 2. The molecule has 168 valence electrons. The molecule has 4 heterocycles. The number of nitrogens with zero attached hydrogens (tertiary/aromatic N) is 4. The molecule has 3 aromatic rings. The minimum Gasteiger partial charge on any atom is -0.382 e. The first-order chi connectivity index (χ1) is 16.0. The Balaban J connectivity index is 1.28. The molecule has 0 aliphatic carbocycles. The van der Waals surface area contributed by atoms with Crippen molar-refractivity contribution >= 4 is 22.3 Å². The summed E-state index contributed by atoms with van der Waals surface area (Å²) in [5.41, 5.74) is 5.05. The van der Waals surface area contributed by atoms with Crippen LogP contribution in [0.25, 0.3) is 10.9 Å². The Hall–Kier alpha value is -3.21. The molecule has 0 saturated carbocycles. The van der Waals surface area contributed by atoms with E-state index in [4.69, 9.17) is 0 Å². The topological polar surface area (TPSA) is 67.2 Å². The Kier molecular flexibility index (Phi) is 4.75. The molecule has 2 fully saturated rings. The van der Waals surface area contributed by atoms with E-state index in [1.807, 2.05) is 12.1 Å². The number of rotatable bonds is 4. The molecule has 2 unspecified atom stereocenters. The Bertz CT molecular complexity index is 1260. The van der Waals surface area contributed by atoms with Gasteiger partial charge in [0.25, 0.3) is 0 Å². The number of piperazine rings is 1. The molecule has 3 aliphatic rings. The standard InChI is InChI=1S/C26H27FN6/c1-17-11-32(23-7-4-18(10-28)25-22(23)3-2-8-30-25)13-24-21-6-5-20(9-19(21)12-33(17)24)31-16-26(27)14-29-15-26/h2-9,17,24,29,31H,11-16H2,1H3. The van der Waals surface area contributed by atoms with Crippen LogP contribution in [0.1, 0.15) is 29.7 Å². The zero-order valence-corrected chi connectivity index (χ0v) is 18.7. The molecule has 0 radical (unpaired) electrons. The average molecular weight is 443 g/mol. The van der Waals surface area contributed by atoms with Gasteiger partial charge in [-0.15, -0.1) is 0 Å². The van der Waals surface area contributed by atoms with Crippen LogP contribution in [0.5, 0.6) is 0 Å². The molecule has 33 heavy (non-hydrogen) atoms. The molecule has 1 aromatic heterocycles. The summed E-state index contributed by atoms with van der Waals surface area (Å²) in [5, 5.41) is 16.8. The zero-order valence-electron chi connectivity index (χ0n) is 18.7. The van der Waals surface area contributed by atoms with Gasteiger partial charge < -0.3 is 15.5 Å². The number of nitriles is 1. The number of halogens is 1. The van der Waals surface area contributed by atoms with E-state index in [1.54, 1.807) is 6.20 Å². The average Bonchev–Trinajstić information content (AvgIpc) is 3.19. The normalized spacial score (nSPS) is 23.5. The van der Waals surface area contributed by atoms with Crippen molar-refractivity contribution in [2.75, 3.05) is 42.9 Å². The molecule has 0 spiro atoms. The highest BCUT2D eigenvalue weighted by Gasteiger charge is 2.40. The Morgan fingerprint density at radius 1 is 1.24 bits per heavy atom. The monoisotopic (exact) mass is 442 g/mol. The van der Waals surface area contributed by atoms with E-state index in [2.05, 4.69) is 68.7 Å². The van der Waals surface area contributed by atoms with E-state index in [1.165, 1.54) is 11.1 Å². The van der Waals surface area contributed by atoms with Crippen LogP contribution in [0.3, 0.4) is 0 Å². The molecule has 6 nitrogen and oxygen atoms in total. The molecule has 7 heteroatoms. The molecular weight excluding hydrogens is 415 g/mol. The van der Waals surface area contributed by atoms with E-state index in [0.29, 0.717) is 37.3 Å². The van der Waals surface area contributed by atoms with E-state index in [-0.39, 0.29) is 0 Å². The SMILES string of the molecule is CC1CN(c2ccc(C#N)c3ncccc23)CC2c3ccc(NCC4(F)CNC4)cc3CN12. The Labute approximate surface area is 193 Å². The highest BCUT2D eigenvalue weighted by Crippen LogP contribution is 2.42. The number of hydrogen-bond donors (Lipinski definition) is 2. The van der Waals surface area contributed by atoms with Crippen LogP contribution in [0.15, 0.2) is 48.7 Å². The smallest absolute Gasteiger partial charge is 0.152 e. The van der Waals surface area contributed by atoms with Crippen LogP contribution in [0, 0.1) is 11.3 Å². The number of alkyl halides is 1. The molecule has 0 bridgehead atoms. The molecular formula is C26H27FN6. The van der Waals surface area contributed by atoms with Crippen molar-refractivity contribution in [1.82, 2.24) is 15.2 Å². The quantitative estimate of drug-likeness (QED) is 0.644. The number of fused-ring (bicyclic) bond motifs is 4. The Morgan fingerprint density at radius 3 is 2.91 bits per heavy atom. The van der Waals surface area contributed by atoms with Crippen molar-refractivity contribution in [2.45, 2.75) is 31.2 Å². The van der Waals surface area contributed by atoms with Crippen LogP contribution in [-0.2, 0) is 6.54 Å². The second-order valence-corrected chi connectivity index (χ2v) is 9.61. The van der Waals surface area contributed by atoms with E-state index in [0.717, 1.165) is 41.9 Å². The van der Waals surface area contributed by atoms with Gasteiger partial charge in [-0.2, -0.15) is 5.26 Å². The van der Waals surface area contributed by atoms with Crippen LogP contribution in [-0.4, -0.2) is 54.3 Å². The van der Waals surface area contributed by atoms with Gasteiger partial charge in [-0.1, -0.05) is 6.07 Å². The fraction of sp³-hybridized carbons (Fsp3) is 0.385. The van der Waals surface area contributed by atoms with Crippen molar-refractivity contribution in [1.29, 1.82) is 5.26 Å². The van der Waals surface area contributed by atoms with Crippen molar-refractivity contribution in [3.63, 3.8) is 0 Å². The lowest BCUT2D eigenvalue weighted by atomic mass is 9.98. The van der Waals surface area contributed by atoms with E-state index >= 15 is 0 Å². The summed E-state index contributed by atoms with van der Waals surface area (Å²) in [5.74, 6) is 0. The highest BCUT2D eigenvalue weighted by atomic mass is 19.1. The van der Waals surface area contributed by atoms with Gasteiger partial charge >= 0.3 is 0 Å².